The number of methoxy groups -OCH3 is 1. The van der Waals surface area contributed by atoms with Crippen LogP contribution in [0.5, 0.6) is 0 Å². The third-order valence-corrected chi connectivity index (χ3v) is 2.78. The number of aromatic nitrogens is 2. The number of ether oxygens (including phenoxy) is 1. The van der Waals surface area contributed by atoms with Gasteiger partial charge in [-0.05, 0) is 0 Å². The molecule has 100 valence electrons. The molecule has 1 N–H and O–H groups in total. The summed E-state index contributed by atoms with van der Waals surface area (Å²) in [6, 6.07) is 0. The molecule has 1 aromatic heterocycles. The van der Waals surface area contributed by atoms with Crippen LogP contribution in [0.1, 0.15) is 16.8 Å². The first-order valence-corrected chi connectivity index (χ1v) is 5.46. The molecular formula is C11H11N3O5. The summed E-state index contributed by atoms with van der Waals surface area (Å²) >= 11 is 0. The Morgan fingerprint density at radius 3 is 2.53 bits per heavy atom. The molecule has 8 heteroatoms. The lowest BCUT2D eigenvalue weighted by atomic mass is 10.1. The van der Waals surface area contributed by atoms with Crippen molar-refractivity contribution < 1.29 is 24.2 Å². The second-order valence-electron chi connectivity index (χ2n) is 4.01. The first kappa shape index (κ1) is 12.9. The number of carbonyl (C=O) groups excluding carboxylic acids is 2. The smallest absolute Gasteiger partial charge is 0.341 e. The molecule has 1 aliphatic rings. The number of hydrogen-bond donors (Lipinski definition) is 1. The standard InChI is InChI=1S/C11H11N3O5/c1-19-10(18)7-3-12-11(13-4-7)14-5-6(9(16)17)2-8(14)15/h3-4,6H,2,5H2,1H3,(H,16,17). The lowest BCUT2D eigenvalue weighted by Gasteiger charge is -2.13. The number of aliphatic carboxylic acids is 1. The van der Waals surface area contributed by atoms with Crippen LogP contribution in [0.15, 0.2) is 12.4 Å². The first-order chi connectivity index (χ1) is 9.02. The molecule has 1 aromatic rings. The molecular weight excluding hydrogens is 254 g/mol. The minimum atomic E-state index is -1.03. The van der Waals surface area contributed by atoms with E-state index in [0.29, 0.717) is 0 Å². The van der Waals surface area contributed by atoms with Crippen LogP contribution >= 0.6 is 0 Å². The van der Waals surface area contributed by atoms with Crippen molar-refractivity contribution in [2.75, 3.05) is 18.6 Å². The number of anilines is 1. The van der Waals surface area contributed by atoms with Crippen molar-refractivity contribution in [2.24, 2.45) is 5.92 Å². The highest BCUT2D eigenvalue weighted by Gasteiger charge is 2.36. The van der Waals surface area contributed by atoms with Gasteiger partial charge >= 0.3 is 11.9 Å². The maximum atomic E-state index is 11.7. The third-order valence-electron chi connectivity index (χ3n) is 2.78. The zero-order valence-electron chi connectivity index (χ0n) is 10.1. The van der Waals surface area contributed by atoms with E-state index in [1.165, 1.54) is 24.4 Å². The van der Waals surface area contributed by atoms with Gasteiger partial charge in [0.2, 0.25) is 11.9 Å². The molecule has 8 nitrogen and oxygen atoms in total. The molecule has 0 aromatic carbocycles. The molecule has 1 fully saturated rings. The normalized spacial score (nSPS) is 18.5. The largest absolute Gasteiger partial charge is 0.481 e. The van der Waals surface area contributed by atoms with Gasteiger partial charge in [-0.15, -0.1) is 0 Å². The summed E-state index contributed by atoms with van der Waals surface area (Å²) in [5.74, 6) is -2.62. The number of amides is 1. The van der Waals surface area contributed by atoms with E-state index < -0.39 is 17.9 Å². The maximum Gasteiger partial charge on any atom is 0.341 e. The van der Waals surface area contributed by atoms with Gasteiger partial charge in [0.1, 0.15) is 0 Å². The number of carboxylic acid groups (broad SMARTS) is 1. The average Bonchev–Trinajstić information content (AvgIpc) is 2.80. The van der Waals surface area contributed by atoms with Crippen LogP contribution in [0.4, 0.5) is 5.95 Å². The van der Waals surface area contributed by atoms with Crippen LogP contribution < -0.4 is 4.90 Å². The number of carbonyl (C=O) groups is 3. The molecule has 0 radical (unpaired) electrons. The van der Waals surface area contributed by atoms with Crippen molar-refractivity contribution in [1.29, 1.82) is 0 Å². The van der Waals surface area contributed by atoms with Crippen LogP contribution in [0.25, 0.3) is 0 Å². The average molecular weight is 265 g/mol. The van der Waals surface area contributed by atoms with E-state index in [-0.39, 0.29) is 30.4 Å². The molecule has 0 aliphatic carbocycles. The van der Waals surface area contributed by atoms with E-state index >= 15 is 0 Å². The summed E-state index contributed by atoms with van der Waals surface area (Å²) < 4.78 is 4.49. The molecule has 19 heavy (non-hydrogen) atoms. The van der Waals surface area contributed by atoms with Crippen molar-refractivity contribution >= 4 is 23.8 Å². The quantitative estimate of drug-likeness (QED) is 0.747. The van der Waals surface area contributed by atoms with E-state index in [9.17, 15) is 14.4 Å². The van der Waals surface area contributed by atoms with Crippen LogP contribution in [0.2, 0.25) is 0 Å². The van der Waals surface area contributed by atoms with Gasteiger partial charge in [-0.3, -0.25) is 14.5 Å². The minimum absolute atomic E-state index is 0.0335. The Bertz CT molecular complexity index is 528. The molecule has 1 aliphatic heterocycles. The van der Waals surface area contributed by atoms with Crippen molar-refractivity contribution in [3.63, 3.8) is 0 Å². The van der Waals surface area contributed by atoms with Gasteiger partial charge in [-0.1, -0.05) is 0 Å². The second kappa shape index (κ2) is 5.01. The fourth-order valence-electron chi connectivity index (χ4n) is 1.75. The van der Waals surface area contributed by atoms with Gasteiger partial charge in [0.05, 0.1) is 18.6 Å². The second-order valence-corrected chi connectivity index (χ2v) is 4.01. The molecule has 1 unspecified atom stereocenters. The van der Waals surface area contributed by atoms with Crippen molar-refractivity contribution in [3.8, 4) is 0 Å². The Morgan fingerprint density at radius 1 is 1.42 bits per heavy atom. The molecule has 2 heterocycles. The van der Waals surface area contributed by atoms with E-state index in [0.717, 1.165) is 0 Å². The number of esters is 1. The summed E-state index contributed by atoms with van der Waals surface area (Å²) in [5, 5.41) is 8.86. The van der Waals surface area contributed by atoms with E-state index in [2.05, 4.69) is 14.7 Å². The Hall–Kier alpha value is -2.51. The molecule has 1 amide bonds. The van der Waals surface area contributed by atoms with Gasteiger partial charge in [0.15, 0.2) is 0 Å². The highest BCUT2D eigenvalue weighted by molar-refractivity contribution is 5.98. The topological polar surface area (TPSA) is 110 Å². The van der Waals surface area contributed by atoms with Crippen molar-refractivity contribution in [3.05, 3.63) is 18.0 Å². The Kier molecular flexibility index (Phi) is 3.41. The van der Waals surface area contributed by atoms with E-state index in [4.69, 9.17) is 5.11 Å². The molecule has 1 atom stereocenters. The molecule has 2 rings (SSSR count). The van der Waals surface area contributed by atoms with E-state index in [1.54, 1.807) is 0 Å². The summed E-state index contributed by atoms with van der Waals surface area (Å²) in [4.78, 5) is 42.6. The lowest BCUT2D eigenvalue weighted by Crippen LogP contribution is -2.27. The molecule has 0 saturated carbocycles. The van der Waals surface area contributed by atoms with Gasteiger partial charge in [-0.25, -0.2) is 14.8 Å². The van der Waals surface area contributed by atoms with Gasteiger partial charge in [-0.2, -0.15) is 0 Å². The van der Waals surface area contributed by atoms with Gasteiger partial charge in [0, 0.05) is 25.4 Å². The molecule has 0 spiro atoms. The fourth-order valence-corrected chi connectivity index (χ4v) is 1.75. The highest BCUT2D eigenvalue weighted by Crippen LogP contribution is 2.22. The zero-order chi connectivity index (χ0) is 14.0. The van der Waals surface area contributed by atoms with E-state index in [1.807, 2.05) is 0 Å². The fraction of sp³-hybridized carbons (Fsp3) is 0.364. The van der Waals surface area contributed by atoms with Gasteiger partial charge < -0.3 is 9.84 Å². The van der Waals surface area contributed by atoms with Crippen LogP contribution in [0.3, 0.4) is 0 Å². The highest BCUT2D eigenvalue weighted by atomic mass is 16.5. The summed E-state index contributed by atoms with van der Waals surface area (Å²) in [5.41, 5.74) is 0.160. The Morgan fingerprint density at radius 2 is 2.05 bits per heavy atom. The van der Waals surface area contributed by atoms with Crippen LogP contribution in [-0.2, 0) is 14.3 Å². The molecule has 0 bridgehead atoms. The number of hydrogen-bond acceptors (Lipinski definition) is 6. The van der Waals surface area contributed by atoms with Gasteiger partial charge in [0.25, 0.3) is 0 Å². The predicted octanol–water partition coefficient (Wildman–Crippen LogP) is -0.299. The predicted molar refractivity (Wildman–Crippen MR) is 61.5 cm³/mol. The summed E-state index contributed by atoms with van der Waals surface area (Å²) in [6.45, 7) is 0.0335. The summed E-state index contributed by atoms with van der Waals surface area (Å²) in [6.07, 6.45) is 2.39. The Balaban J connectivity index is 2.17. The maximum absolute atomic E-state index is 11.7. The van der Waals surface area contributed by atoms with Crippen molar-refractivity contribution in [1.82, 2.24) is 9.97 Å². The first-order valence-electron chi connectivity index (χ1n) is 5.46. The number of nitrogens with zero attached hydrogens (tertiary/aromatic N) is 3. The van der Waals surface area contributed by atoms with Crippen molar-refractivity contribution in [2.45, 2.75) is 6.42 Å². The lowest BCUT2D eigenvalue weighted by molar-refractivity contribution is -0.141. The number of rotatable bonds is 3. The van der Waals surface area contributed by atoms with Crippen LogP contribution in [0, 0.1) is 5.92 Å². The number of carboxylic acids is 1. The van der Waals surface area contributed by atoms with Crippen LogP contribution in [-0.4, -0.2) is 46.6 Å². The SMILES string of the molecule is COC(=O)c1cnc(N2CC(C(=O)O)CC2=O)nc1. The summed E-state index contributed by atoms with van der Waals surface area (Å²) in [7, 11) is 1.23. The monoisotopic (exact) mass is 265 g/mol. The minimum Gasteiger partial charge on any atom is -0.481 e. The molecule has 1 saturated heterocycles. The Labute approximate surface area is 108 Å². The zero-order valence-corrected chi connectivity index (χ0v) is 10.1. The third kappa shape index (κ3) is 2.51.